The largest absolute Gasteiger partial charge is 0.332 e. The first-order chi connectivity index (χ1) is 12.9. The van der Waals surface area contributed by atoms with Gasteiger partial charge in [-0.1, -0.05) is 37.3 Å². The van der Waals surface area contributed by atoms with E-state index in [1.54, 1.807) is 18.2 Å². The summed E-state index contributed by atoms with van der Waals surface area (Å²) in [4.78, 5) is 12.1. The van der Waals surface area contributed by atoms with Gasteiger partial charge in [-0.25, -0.2) is 13.1 Å². The normalized spacial score (nSPS) is 11.3. The van der Waals surface area contributed by atoms with Gasteiger partial charge >= 0.3 is 0 Å². The molecule has 2 rings (SSSR count). The molecule has 142 valence electrons. The first-order valence-corrected chi connectivity index (χ1v) is 10.2. The van der Waals surface area contributed by atoms with Gasteiger partial charge in [0.25, 0.3) is 0 Å². The van der Waals surface area contributed by atoms with Crippen molar-refractivity contribution in [3.05, 3.63) is 66.2 Å². The van der Waals surface area contributed by atoms with Gasteiger partial charge in [-0.3, -0.25) is 10.1 Å². The molecule has 2 aromatic rings. The molecule has 0 aliphatic carbocycles. The maximum atomic E-state index is 12.0. The summed E-state index contributed by atoms with van der Waals surface area (Å²) in [7, 11) is -3.51. The molecule has 0 spiro atoms. The zero-order chi connectivity index (χ0) is 19.7. The molecule has 0 saturated heterocycles. The Morgan fingerprint density at radius 2 is 1.74 bits per heavy atom. The monoisotopic (exact) mass is 403 g/mol. The molecule has 8 heteroatoms. The van der Waals surface area contributed by atoms with Gasteiger partial charge in [0.05, 0.1) is 4.90 Å². The Balaban J connectivity index is 1.90. The van der Waals surface area contributed by atoms with E-state index in [1.165, 1.54) is 18.2 Å². The number of anilines is 1. The van der Waals surface area contributed by atoms with Crippen LogP contribution in [0, 0.1) is 0 Å². The Kier molecular flexibility index (Phi) is 7.66. The van der Waals surface area contributed by atoms with Crippen LogP contribution in [0.25, 0.3) is 6.08 Å². The second-order valence-electron chi connectivity index (χ2n) is 5.61. The second-order valence-corrected chi connectivity index (χ2v) is 7.78. The van der Waals surface area contributed by atoms with Crippen LogP contribution in [-0.2, 0) is 14.8 Å². The third-order valence-corrected chi connectivity index (χ3v) is 5.11. The number of benzene rings is 2. The Hall–Kier alpha value is -2.55. The molecule has 0 bridgehead atoms. The van der Waals surface area contributed by atoms with Crippen molar-refractivity contribution >= 4 is 45.0 Å². The first-order valence-electron chi connectivity index (χ1n) is 8.35. The minimum absolute atomic E-state index is 0.123. The summed E-state index contributed by atoms with van der Waals surface area (Å²) < 4.78 is 26.6. The minimum Gasteiger partial charge on any atom is -0.332 e. The number of thiocarbonyl (C=S) groups is 1. The Morgan fingerprint density at radius 1 is 1.07 bits per heavy atom. The van der Waals surface area contributed by atoms with E-state index in [0.29, 0.717) is 18.7 Å². The first kappa shape index (κ1) is 20.8. The smallest absolute Gasteiger partial charge is 0.250 e. The summed E-state index contributed by atoms with van der Waals surface area (Å²) in [5.41, 5.74) is 1.47. The predicted octanol–water partition coefficient (Wildman–Crippen LogP) is 2.90. The molecule has 2 aromatic carbocycles. The fourth-order valence-electron chi connectivity index (χ4n) is 2.09. The van der Waals surface area contributed by atoms with Crippen LogP contribution in [0.1, 0.15) is 18.9 Å². The van der Waals surface area contributed by atoms with E-state index in [9.17, 15) is 13.2 Å². The standard InChI is InChI=1S/C19H21N3O3S2/c1-2-14-20-27(24,25)17-11-9-16(10-12-17)21-19(26)22-18(23)13-8-15-6-4-3-5-7-15/h3-13,20H,2,14H2,1H3,(H2,21,22,23,26)/b13-8+. The van der Waals surface area contributed by atoms with Crippen LogP contribution >= 0.6 is 12.2 Å². The Morgan fingerprint density at radius 3 is 2.37 bits per heavy atom. The minimum atomic E-state index is -3.51. The molecule has 0 heterocycles. The molecule has 0 aromatic heterocycles. The zero-order valence-corrected chi connectivity index (χ0v) is 16.4. The van der Waals surface area contributed by atoms with Crippen molar-refractivity contribution in [1.82, 2.24) is 10.0 Å². The van der Waals surface area contributed by atoms with Crippen molar-refractivity contribution in [2.24, 2.45) is 0 Å². The van der Waals surface area contributed by atoms with Crippen LogP contribution in [0.15, 0.2) is 65.6 Å². The number of hydrogen-bond acceptors (Lipinski definition) is 4. The van der Waals surface area contributed by atoms with Crippen molar-refractivity contribution < 1.29 is 13.2 Å². The lowest BCUT2D eigenvalue weighted by atomic mass is 10.2. The van der Waals surface area contributed by atoms with Gasteiger partial charge in [0.2, 0.25) is 15.9 Å². The summed E-state index contributed by atoms with van der Waals surface area (Å²) in [5.74, 6) is -0.362. The molecule has 0 aliphatic rings. The van der Waals surface area contributed by atoms with Crippen molar-refractivity contribution in [2.45, 2.75) is 18.2 Å². The van der Waals surface area contributed by atoms with Gasteiger partial charge in [-0.2, -0.15) is 0 Å². The summed E-state index contributed by atoms with van der Waals surface area (Å²) in [6, 6.07) is 15.5. The lowest BCUT2D eigenvalue weighted by Crippen LogP contribution is -2.32. The highest BCUT2D eigenvalue weighted by molar-refractivity contribution is 7.89. The molecular formula is C19H21N3O3S2. The molecular weight excluding hydrogens is 382 g/mol. The fraction of sp³-hybridized carbons (Fsp3) is 0.158. The van der Waals surface area contributed by atoms with Gasteiger partial charge in [0.1, 0.15) is 0 Å². The zero-order valence-electron chi connectivity index (χ0n) is 14.8. The Labute approximate surface area is 164 Å². The van der Waals surface area contributed by atoms with E-state index in [2.05, 4.69) is 15.4 Å². The highest BCUT2D eigenvalue weighted by Crippen LogP contribution is 2.14. The predicted molar refractivity (Wildman–Crippen MR) is 112 cm³/mol. The molecule has 0 atom stereocenters. The third kappa shape index (κ3) is 6.93. The van der Waals surface area contributed by atoms with Crippen LogP contribution in [0.3, 0.4) is 0 Å². The van der Waals surface area contributed by atoms with Crippen LogP contribution in [0.4, 0.5) is 5.69 Å². The molecule has 6 nitrogen and oxygen atoms in total. The molecule has 27 heavy (non-hydrogen) atoms. The van der Waals surface area contributed by atoms with Crippen LogP contribution < -0.4 is 15.4 Å². The number of carbonyl (C=O) groups is 1. The van der Waals surface area contributed by atoms with E-state index in [0.717, 1.165) is 5.56 Å². The highest BCUT2D eigenvalue weighted by atomic mass is 32.2. The average molecular weight is 404 g/mol. The van der Waals surface area contributed by atoms with Crippen molar-refractivity contribution in [3.63, 3.8) is 0 Å². The van der Waals surface area contributed by atoms with Gasteiger partial charge in [0.15, 0.2) is 5.11 Å². The maximum absolute atomic E-state index is 12.0. The Bertz CT molecular complexity index is 909. The molecule has 0 fully saturated rings. The van der Waals surface area contributed by atoms with E-state index < -0.39 is 10.0 Å². The van der Waals surface area contributed by atoms with E-state index >= 15 is 0 Å². The van der Waals surface area contributed by atoms with E-state index in [-0.39, 0.29) is 15.9 Å². The van der Waals surface area contributed by atoms with Crippen molar-refractivity contribution in [1.29, 1.82) is 0 Å². The SMILES string of the molecule is CCCNS(=O)(=O)c1ccc(NC(=S)NC(=O)/C=C/c2ccccc2)cc1. The van der Waals surface area contributed by atoms with E-state index in [1.807, 2.05) is 37.3 Å². The van der Waals surface area contributed by atoms with Gasteiger partial charge in [-0.05, 0) is 54.5 Å². The summed E-state index contributed by atoms with van der Waals surface area (Å²) in [5, 5.41) is 5.50. The fourth-order valence-corrected chi connectivity index (χ4v) is 3.44. The summed E-state index contributed by atoms with van der Waals surface area (Å²) in [6.45, 7) is 2.27. The number of rotatable bonds is 7. The highest BCUT2D eigenvalue weighted by Gasteiger charge is 2.12. The van der Waals surface area contributed by atoms with Crippen molar-refractivity contribution in [2.75, 3.05) is 11.9 Å². The third-order valence-electron chi connectivity index (χ3n) is 3.43. The lowest BCUT2D eigenvalue weighted by molar-refractivity contribution is -0.115. The molecule has 0 aliphatic heterocycles. The lowest BCUT2D eigenvalue weighted by Gasteiger charge is -2.10. The van der Waals surface area contributed by atoms with Crippen LogP contribution in [0.2, 0.25) is 0 Å². The summed E-state index contributed by atoms with van der Waals surface area (Å²) >= 11 is 5.10. The van der Waals surface area contributed by atoms with Gasteiger partial charge < -0.3 is 5.32 Å². The molecule has 1 amide bonds. The number of amides is 1. The second kappa shape index (κ2) is 9.96. The molecule has 3 N–H and O–H groups in total. The van der Waals surface area contributed by atoms with Crippen LogP contribution in [0.5, 0.6) is 0 Å². The maximum Gasteiger partial charge on any atom is 0.250 e. The number of nitrogens with one attached hydrogen (secondary N) is 3. The van der Waals surface area contributed by atoms with Crippen LogP contribution in [-0.4, -0.2) is 26.0 Å². The molecule has 0 saturated carbocycles. The van der Waals surface area contributed by atoms with Gasteiger partial charge in [-0.15, -0.1) is 0 Å². The topological polar surface area (TPSA) is 87.3 Å². The summed E-state index contributed by atoms with van der Waals surface area (Å²) in [6.07, 6.45) is 3.78. The number of carbonyl (C=O) groups excluding carboxylic acids is 1. The molecule has 0 radical (unpaired) electrons. The quantitative estimate of drug-likeness (QED) is 0.489. The average Bonchev–Trinajstić information content (AvgIpc) is 2.66. The van der Waals surface area contributed by atoms with Gasteiger partial charge in [0, 0.05) is 18.3 Å². The van der Waals surface area contributed by atoms with Crippen molar-refractivity contribution in [3.8, 4) is 0 Å². The number of hydrogen-bond donors (Lipinski definition) is 3. The van der Waals surface area contributed by atoms with E-state index in [4.69, 9.17) is 12.2 Å². The number of sulfonamides is 1. The molecule has 0 unspecified atom stereocenters.